The van der Waals surface area contributed by atoms with Crippen LogP contribution in [0, 0.1) is 0 Å². The summed E-state index contributed by atoms with van der Waals surface area (Å²) in [5.74, 6) is 0.910. The van der Waals surface area contributed by atoms with Crippen LogP contribution in [0.15, 0.2) is 62.9 Å². The van der Waals surface area contributed by atoms with E-state index in [1.165, 1.54) is 12.3 Å². The van der Waals surface area contributed by atoms with Crippen LogP contribution >= 0.6 is 26.0 Å². The molecule has 0 radical (unpaired) electrons. The lowest BCUT2D eigenvalue weighted by Gasteiger charge is -2.24. The van der Waals surface area contributed by atoms with Crippen molar-refractivity contribution in [3.05, 3.63) is 58.7 Å². The summed E-state index contributed by atoms with van der Waals surface area (Å²) in [5.41, 5.74) is -0.386. The Morgan fingerprint density at radius 3 is 2.42 bits per heavy atom. The van der Waals surface area contributed by atoms with E-state index in [0.29, 0.717) is 28.0 Å². The number of alkyl halides is 3. The minimum absolute atomic E-state index is 0.0619. The van der Waals surface area contributed by atoms with E-state index < -0.39 is 36.5 Å². The highest BCUT2D eigenvalue weighted by Gasteiger charge is 2.32. The van der Waals surface area contributed by atoms with Crippen LogP contribution in [0.4, 0.5) is 13.2 Å². The monoisotopic (exact) mass is 537 g/mol. The molecule has 0 amide bonds. The molecule has 0 aliphatic rings. The zero-order valence-electron chi connectivity index (χ0n) is 17.2. The normalized spacial score (nSPS) is 13.6. The molecule has 1 aromatic heterocycles. The molecule has 3 aromatic rings. The highest BCUT2D eigenvalue weighted by Crippen LogP contribution is 2.36. The molecule has 1 heterocycles. The van der Waals surface area contributed by atoms with Crippen molar-refractivity contribution in [2.24, 2.45) is 0 Å². The van der Waals surface area contributed by atoms with E-state index in [-0.39, 0.29) is 11.6 Å². The van der Waals surface area contributed by atoms with Crippen molar-refractivity contribution >= 4 is 46.7 Å². The fraction of sp³-hybridized carbons (Fsp3) is 0.333. The lowest BCUT2D eigenvalue weighted by molar-refractivity contribution is -0.137. The number of aromatic nitrogens is 1. The van der Waals surface area contributed by atoms with Crippen LogP contribution in [0.5, 0.6) is 0 Å². The molecular weight excluding hydrogens is 515 g/mol. The smallest absolute Gasteiger partial charge is 0.360 e. The number of halogens is 4. The van der Waals surface area contributed by atoms with Gasteiger partial charge in [0, 0.05) is 21.8 Å². The molecule has 0 saturated heterocycles. The van der Waals surface area contributed by atoms with E-state index >= 15 is 0 Å². The van der Waals surface area contributed by atoms with Gasteiger partial charge < -0.3 is 9.30 Å². The van der Waals surface area contributed by atoms with E-state index in [1.54, 1.807) is 22.8 Å². The van der Waals surface area contributed by atoms with Crippen LogP contribution in [-0.2, 0) is 27.5 Å². The molecule has 0 aliphatic heterocycles. The molecule has 0 spiro atoms. The number of sulfone groups is 1. The summed E-state index contributed by atoms with van der Waals surface area (Å²) in [6, 6.07) is 8.97. The van der Waals surface area contributed by atoms with Crippen molar-refractivity contribution < 1.29 is 26.3 Å². The quantitative estimate of drug-likeness (QED) is 0.351. The average molecular weight is 538 g/mol. The Morgan fingerprint density at radius 1 is 1.06 bits per heavy atom. The maximum atomic E-state index is 13.3. The summed E-state index contributed by atoms with van der Waals surface area (Å²) in [6.07, 6.45) is 3.33. The van der Waals surface area contributed by atoms with Gasteiger partial charge in [-0.3, -0.25) is 0 Å². The van der Waals surface area contributed by atoms with Crippen molar-refractivity contribution in [2.45, 2.75) is 22.7 Å². The Bertz CT molecular complexity index is 1200. The van der Waals surface area contributed by atoms with Crippen LogP contribution in [0.2, 0.25) is 0 Å². The molecule has 0 bridgehead atoms. The van der Waals surface area contributed by atoms with Gasteiger partial charge in [-0.15, -0.1) is 0 Å². The number of nitrogens with zero attached hydrogens (tertiary/aromatic N) is 1. The molecule has 0 saturated carbocycles. The summed E-state index contributed by atoms with van der Waals surface area (Å²) >= 11 is 3.34. The lowest BCUT2D eigenvalue weighted by Crippen LogP contribution is -2.09. The molecule has 0 N–H and O–H groups in total. The fourth-order valence-electron chi connectivity index (χ4n) is 3.00. The van der Waals surface area contributed by atoms with E-state index in [2.05, 4.69) is 34.7 Å². The molecule has 0 fully saturated rings. The van der Waals surface area contributed by atoms with E-state index in [4.69, 9.17) is 4.74 Å². The largest absolute Gasteiger partial charge is 0.416 e. The number of benzene rings is 2. The second-order valence-electron chi connectivity index (χ2n) is 7.99. The maximum absolute atomic E-state index is 13.3. The summed E-state index contributed by atoms with van der Waals surface area (Å²) in [7, 11) is -4.92. The van der Waals surface area contributed by atoms with Gasteiger partial charge in [0.05, 0.1) is 27.5 Å². The van der Waals surface area contributed by atoms with Crippen molar-refractivity contribution in [1.82, 2.24) is 4.57 Å². The fourth-order valence-corrected chi connectivity index (χ4v) is 5.49. The standard InChI is InChI=1S/C21H23BrF3NO3S2/c1-30(2,3)10-9-29-14-26-13-20(18-12-16(22)7-8-19(18)26)31(27,28)17-6-4-5-15(11-17)21(23,24)25/h4-8,11-13H,9-10,14H2,1-3H3. The van der Waals surface area contributed by atoms with Crippen molar-refractivity contribution in [2.75, 3.05) is 31.1 Å². The first-order valence-corrected chi connectivity index (χ1v) is 14.5. The van der Waals surface area contributed by atoms with Gasteiger partial charge in [-0.05, 0) is 55.2 Å². The highest BCUT2D eigenvalue weighted by atomic mass is 79.9. The van der Waals surface area contributed by atoms with Crippen molar-refractivity contribution in [3.63, 3.8) is 0 Å². The lowest BCUT2D eigenvalue weighted by atomic mass is 10.2. The number of fused-ring (bicyclic) bond motifs is 1. The Labute approximate surface area is 189 Å². The topological polar surface area (TPSA) is 48.3 Å². The summed E-state index contributed by atoms with van der Waals surface area (Å²) < 4.78 is 74.0. The van der Waals surface area contributed by atoms with Crippen LogP contribution < -0.4 is 0 Å². The van der Waals surface area contributed by atoms with Gasteiger partial charge in [0.15, 0.2) is 0 Å². The first kappa shape index (κ1) is 24.2. The zero-order valence-corrected chi connectivity index (χ0v) is 20.5. The second kappa shape index (κ2) is 8.80. The Kier molecular flexibility index (Phi) is 6.86. The summed E-state index contributed by atoms with van der Waals surface area (Å²) in [4.78, 5) is -0.466. The predicted molar refractivity (Wildman–Crippen MR) is 123 cm³/mol. The number of hydrogen-bond acceptors (Lipinski definition) is 3. The predicted octanol–water partition coefficient (Wildman–Crippen LogP) is 5.92. The summed E-state index contributed by atoms with van der Waals surface area (Å²) in [6.45, 7) is 0.677. The summed E-state index contributed by atoms with van der Waals surface area (Å²) in [5, 5.41) is 0.414. The van der Waals surface area contributed by atoms with Crippen molar-refractivity contribution in [1.29, 1.82) is 0 Å². The molecule has 0 atom stereocenters. The molecule has 4 nitrogen and oxygen atoms in total. The van der Waals surface area contributed by atoms with Gasteiger partial charge >= 0.3 is 6.18 Å². The third-order valence-electron chi connectivity index (χ3n) is 4.64. The average Bonchev–Trinajstić information content (AvgIpc) is 3.02. The molecule has 170 valence electrons. The van der Waals surface area contributed by atoms with Crippen LogP contribution in [-0.4, -0.2) is 44.1 Å². The van der Waals surface area contributed by atoms with E-state index in [0.717, 1.165) is 17.9 Å². The Morgan fingerprint density at radius 2 is 1.77 bits per heavy atom. The third kappa shape index (κ3) is 5.66. The van der Waals surface area contributed by atoms with Gasteiger partial charge in [0.1, 0.15) is 6.73 Å². The van der Waals surface area contributed by atoms with E-state index in [1.807, 2.05) is 0 Å². The van der Waals surface area contributed by atoms with Gasteiger partial charge in [-0.25, -0.2) is 18.4 Å². The molecule has 0 unspecified atom stereocenters. The molecule has 3 rings (SSSR count). The molecular formula is C21H23BrF3NO3S2. The minimum atomic E-state index is -4.63. The first-order valence-electron chi connectivity index (χ1n) is 9.23. The van der Waals surface area contributed by atoms with E-state index in [9.17, 15) is 21.6 Å². The van der Waals surface area contributed by atoms with Gasteiger partial charge in [-0.1, -0.05) is 22.0 Å². The second-order valence-corrected chi connectivity index (χ2v) is 15.4. The number of ether oxygens (including phenoxy) is 1. The number of hydrogen-bond donors (Lipinski definition) is 0. The van der Waals surface area contributed by atoms with Crippen molar-refractivity contribution in [3.8, 4) is 0 Å². The molecule has 2 aromatic carbocycles. The van der Waals surface area contributed by atoms with Gasteiger partial charge in [-0.2, -0.15) is 13.2 Å². The Balaban J connectivity index is 2.02. The third-order valence-corrected chi connectivity index (χ3v) is 8.30. The zero-order chi connectivity index (χ0) is 23.0. The SMILES string of the molecule is CS(C)(C)CCOCn1cc(S(=O)(=O)c2cccc(C(F)(F)F)c2)c2cc(Br)ccc21. The molecule has 31 heavy (non-hydrogen) atoms. The minimum Gasteiger partial charge on any atom is -0.360 e. The number of rotatable bonds is 7. The van der Waals surface area contributed by atoms with Crippen LogP contribution in [0.3, 0.4) is 0 Å². The molecule has 10 heteroatoms. The Hall–Kier alpha value is -1.49. The van der Waals surface area contributed by atoms with Crippen LogP contribution in [0.1, 0.15) is 5.56 Å². The highest BCUT2D eigenvalue weighted by molar-refractivity contribution is 9.10. The maximum Gasteiger partial charge on any atom is 0.416 e. The van der Waals surface area contributed by atoms with Gasteiger partial charge in [0.25, 0.3) is 0 Å². The van der Waals surface area contributed by atoms with Gasteiger partial charge in [0.2, 0.25) is 9.84 Å². The van der Waals surface area contributed by atoms with Crippen LogP contribution in [0.25, 0.3) is 10.9 Å². The first-order chi connectivity index (χ1) is 14.3. The molecule has 0 aliphatic carbocycles.